The van der Waals surface area contributed by atoms with Gasteiger partial charge in [0.1, 0.15) is 18.0 Å². The summed E-state index contributed by atoms with van der Waals surface area (Å²) >= 11 is 0. The van der Waals surface area contributed by atoms with Crippen LogP contribution in [0.25, 0.3) is 22.2 Å². The number of carboxylic acids is 1. The number of benzene rings is 2. The first-order chi connectivity index (χ1) is 24.8. The van der Waals surface area contributed by atoms with Crippen molar-refractivity contribution in [2.24, 2.45) is 0 Å². The largest absolute Gasteiger partial charge is 0.497 e. The molecule has 1 aromatic heterocycles. The fourth-order valence-electron chi connectivity index (χ4n) is 6.43. The summed E-state index contributed by atoms with van der Waals surface area (Å²) < 4.78 is 17.4. The number of unbranched alkanes of at least 4 members (excludes halogenated alkanes) is 1. The predicted molar refractivity (Wildman–Crippen MR) is 190 cm³/mol. The average molecular weight is 703 g/mol. The third kappa shape index (κ3) is 9.75. The molecule has 3 aromatic rings. The second kappa shape index (κ2) is 18.2. The SMILES string of the molecule is CCCCOC(=O)NN1C(=O)C2CC(Oc3cc(-c4ccccc4)nc4cc(OC)ccc34)C[NH+]2C(=O)NCCCCCC=CCCC1C(=O)O. The number of aliphatic carboxylic acids is 1. The van der Waals surface area contributed by atoms with Crippen LogP contribution in [0, 0.1) is 0 Å². The molecule has 4 atom stereocenters. The number of methoxy groups -OCH3 is 1. The molecule has 3 heterocycles. The summed E-state index contributed by atoms with van der Waals surface area (Å²) in [4.78, 5) is 58.9. The number of fused-ring (bicyclic) bond motifs is 2. The number of carbonyl (C=O) groups excluding carboxylic acids is 3. The maximum absolute atomic E-state index is 14.5. The normalized spacial score (nSPS) is 21.8. The molecule has 0 saturated carbocycles. The third-order valence-electron chi connectivity index (χ3n) is 9.18. The Hall–Kier alpha value is -5.17. The molecule has 272 valence electrons. The van der Waals surface area contributed by atoms with E-state index in [9.17, 15) is 24.3 Å². The molecule has 51 heavy (non-hydrogen) atoms. The maximum atomic E-state index is 14.5. The Balaban J connectivity index is 1.49. The number of hydrogen-bond donors (Lipinski definition) is 4. The fraction of sp³-hybridized carbons (Fsp3) is 0.447. The number of hydrogen-bond acceptors (Lipinski definition) is 8. The van der Waals surface area contributed by atoms with Crippen molar-refractivity contribution in [3.8, 4) is 22.8 Å². The number of hydrazine groups is 1. The van der Waals surface area contributed by atoms with E-state index in [0.717, 1.165) is 48.1 Å². The van der Waals surface area contributed by atoms with Gasteiger partial charge in [-0.1, -0.05) is 62.2 Å². The van der Waals surface area contributed by atoms with Crippen molar-refractivity contribution in [3.63, 3.8) is 0 Å². The van der Waals surface area contributed by atoms with Crippen LogP contribution in [0.1, 0.15) is 64.7 Å². The summed E-state index contributed by atoms with van der Waals surface area (Å²) in [5, 5.41) is 14.8. The number of pyridine rings is 1. The smallest absolute Gasteiger partial charge is 0.426 e. The van der Waals surface area contributed by atoms with E-state index in [-0.39, 0.29) is 30.9 Å². The molecule has 2 aliphatic rings. The molecule has 13 heteroatoms. The standard InChI is InChI=1S/C38H47N5O8/c1-3-4-21-50-38(48)41-43-32(36(45)46)17-13-8-6-5-7-9-14-20-39-37(47)42-25-28(23-33(42)35(43)44)51-34-24-30(26-15-11-10-12-16-26)40-31-22-27(49-2)18-19-29(31)34/h6,8,10-12,15-16,18-19,22,24,28,32-33H,3-5,7,9,13-14,17,20-21,23,25H2,1-2H3,(H,39,47)(H,41,48)(H,45,46)/p+1. The molecule has 1 saturated heterocycles. The first-order valence-corrected chi connectivity index (χ1v) is 17.8. The summed E-state index contributed by atoms with van der Waals surface area (Å²) in [5.74, 6) is -0.848. The molecule has 4 unspecified atom stereocenters. The van der Waals surface area contributed by atoms with Gasteiger partial charge in [-0.2, -0.15) is 0 Å². The molecule has 2 aromatic carbocycles. The van der Waals surface area contributed by atoms with Crippen LogP contribution >= 0.6 is 0 Å². The van der Waals surface area contributed by atoms with Gasteiger partial charge >= 0.3 is 24.0 Å². The van der Waals surface area contributed by atoms with Crippen LogP contribution in [0.2, 0.25) is 0 Å². The fourth-order valence-corrected chi connectivity index (χ4v) is 6.43. The van der Waals surface area contributed by atoms with E-state index in [1.807, 2.05) is 73.7 Å². The summed E-state index contributed by atoms with van der Waals surface area (Å²) in [7, 11) is 1.58. The molecule has 13 nitrogen and oxygen atoms in total. The first-order valence-electron chi connectivity index (χ1n) is 17.8. The first kappa shape index (κ1) is 37.1. The molecule has 1 fully saturated rings. The quantitative estimate of drug-likeness (QED) is 0.184. The summed E-state index contributed by atoms with van der Waals surface area (Å²) in [6, 6.07) is 14.1. The second-order valence-corrected chi connectivity index (χ2v) is 12.8. The molecular weight excluding hydrogens is 654 g/mol. The molecule has 4 amide bonds. The molecular formula is C38H48N5O8+. The van der Waals surface area contributed by atoms with E-state index in [1.54, 1.807) is 7.11 Å². The van der Waals surface area contributed by atoms with Crippen LogP contribution in [0.5, 0.6) is 11.5 Å². The van der Waals surface area contributed by atoms with Crippen LogP contribution in [0.15, 0.2) is 66.7 Å². The molecule has 2 aliphatic heterocycles. The van der Waals surface area contributed by atoms with Crippen LogP contribution in [-0.4, -0.2) is 84.1 Å². The van der Waals surface area contributed by atoms with Crippen LogP contribution in [0.4, 0.5) is 9.59 Å². The summed E-state index contributed by atoms with van der Waals surface area (Å²) in [5.41, 5.74) is 4.62. The number of quaternary nitrogens is 1. The van der Waals surface area contributed by atoms with Crippen molar-refractivity contribution in [3.05, 3.63) is 66.7 Å². The van der Waals surface area contributed by atoms with Gasteiger partial charge in [-0.25, -0.2) is 34.7 Å². The lowest BCUT2D eigenvalue weighted by Crippen LogP contribution is -3.19. The summed E-state index contributed by atoms with van der Waals surface area (Å²) in [6.07, 6.45) is 7.67. The number of aromatic nitrogens is 1. The van der Waals surface area contributed by atoms with Gasteiger partial charge in [0.2, 0.25) is 0 Å². The number of amides is 4. The zero-order valence-electron chi connectivity index (χ0n) is 29.3. The van der Waals surface area contributed by atoms with Crippen molar-refractivity contribution in [2.75, 3.05) is 26.8 Å². The van der Waals surface area contributed by atoms with E-state index >= 15 is 0 Å². The average Bonchev–Trinajstić information content (AvgIpc) is 3.56. The maximum Gasteiger partial charge on any atom is 0.426 e. The number of carboxylic acid groups (broad SMARTS) is 1. The van der Waals surface area contributed by atoms with E-state index < -0.39 is 42.2 Å². The number of rotatable bonds is 9. The highest BCUT2D eigenvalue weighted by molar-refractivity contribution is 5.90. The second-order valence-electron chi connectivity index (χ2n) is 12.8. The minimum Gasteiger partial charge on any atom is -0.497 e. The molecule has 0 spiro atoms. The van der Waals surface area contributed by atoms with Crippen LogP contribution in [0.3, 0.4) is 0 Å². The van der Waals surface area contributed by atoms with Gasteiger partial charge < -0.3 is 24.6 Å². The third-order valence-corrected chi connectivity index (χ3v) is 9.18. The summed E-state index contributed by atoms with van der Waals surface area (Å²) in [6.45, 7) is 2.61. The number of carbonyl (C=O) groups is 4. The Morgan fingerprint density at radius 3 is 2.63 bits per heavy atom. The lowest BCUT2D eigenvalue weighted by molar-refractivity contribution is -0.820. The Labute approximate surface area is 297 Å². The molecule has 4 N–H and O–H groups in total. The Morgan fingerprint density at radius 2 is 1.86 bits per heavy atom. The van der Waals surface area contributed by atoms with Gasteiger partial charge in [0.15, 0.2) is 18.2 Å². The topological polar surface area (TPSA) is 161 Å². The molecule has 0 radical (unpaired) electrons. The number of nitrogens with one attached hydrogen (secondary N) is 3. The van der Waals surface area contributed by atoms with Crippen molar-refractivity contribution < 1.29 is 43.4 Å². The number of urea groups is 1. The van der Waals surface area contributed by atoms with E-state index in [2.05, 4.69) is 10.7 Å². The monoisotopic (exact) mass is 702 g/mol. The van der Waals surface area contributed by atoms with E-state index in [4.69, 9.17) is 19.2 Å². The van der Waals surface area contributed by atoms with Gasteiger partial charge in [0.25, 0.3) is 0 Å². The Bertz CT molecular complexity index is 1700. The van der Waals surface area contributed by atoms with Crippen molar-refractivity contribution in [2.45, 2.75) is 82.9 Å². The zero-order chi connectivity index (χ0) is 36.2. The molecule has 5 rings (SSSR count). The molecule has 0 aliphatic carbocycles. The minimum atomic E-state index is -1.40. The lowest BCUT2D eigenvalue weighted by Gasteiger charge is -2.31. The van der Waals surface area contributed by atoms with Gasteiger partial charge in [0, 0.05) is 29.6 Å². The van der Waals surface area contributed by atoms with Gasteiger partial charge in [0.05, 0.1) is 31.3 Å². The van der Waals surface area contributed by atoms with Crippen molar-refractivity contribution in [1.29, 1.82) is 0 Å². The van der Waals surface area contributed by atoms with Gasteiger partial charge in [-0.05, 0) is 50.7 Å². The van der Waals surface area contributed by atoms with Gasteiger partial charge in [-0.3, -0.25) is 4.79 Å². The highest BCUT2D eigenvalue weighted by Crippen LogP contribution is 2.33. The van der Waals surface area contributed by atoms with Gasteiger partial charge in [-0.15, -0.1) is 0 Å². The minimum absolute atomic E-state index is 0.0513. The number of allylic oxidation sites excluding steroid dienone is 2. The Kier molecular flexibility index (Phi) is 13.2. The lowest BCUT2D eigenvalue weighted by atomic mass is 10.1. The van der Waals surface area contributed by atoms with Crippen molar-refractivity contribution in [1.82, 2.24) is 20.7 Å². The highest BCUT2D eigenvalue weighted by Gasteiger charge is 2.50. The number of nitrogens with zero attached hydrogens (tertiary/aromatic N) is 2. The van der Waals surface area contributed by atoms with E-state index in [1.165, 1.54) is 0 Å². The van der Waals surface area contributed by atoms with Crippen LogP contribution in [-0.2, 0) is 14.3 Å². The Morgan fingerprint density at radius 1 is 1.06 bits per heavy atom. The zero-order valence-corrected chi connectivity index (χ0v) is 29.3. The predicted octanol–water partition coefficient (Wildman–Crippen LogP) is 4.66. The molecule has 0 bridgehead atoms. The van der Waals surface area contributed by atoms with E-state index in [0.29, 0.717) is 42.1 Å². The van der Waals surface area contributed by atoms with Crippen molar-refractivity contribution >= 4 is 34.9 Å². The number of ether oxygens (including phenoxy) is 3. The highest BCUT2D eigenvalue weighted by atomic mass is 16.6. The van der Waals surface area contributed by atoms with Crippen LogP contribution < -0.4 is 25.1 Å².